The minimum absolute atomic E-state index is 0.00283. The van der Waals surface area contributed by atoms with Crippen molar-refractivity contribution >= 4 is 28.9 Å². The zero-order chi connectivity index (χ0) is 19.3. The Balaban J connectivity index is 1.82. The average molecular weight is 361 g/mol. The molecule has 1 aliphatic heterocycles. The summed E-state index contributed by atoms with van der Waals surface area (Å²) >= 11 is 0. The number of hydrogen-bond acceptors (Lipinski definition) is 5. The standard InChI is InChI=1S/C20H19N5O2/c1-20(2,3)17(26)12-8-22-19-16(12)25-15(9-23-19)11-5-4-10-7-14(18(21)27)24-13(10)6-11/h4-9,14H,1-3H3,(H2,21,27)(H,22,23). The first kappa shape index (κ1) is 17.1. The highest BCUT2D eigenvalue weighted by Crippen LogP contribution is 2.26. The van der Waals surface area contributed by atoms with Gasteiger partial charge in [0.2, 0.25) is 5.91 Å². The molecule has 0 radical (unpaired) electrons. The Morgan fingerprint density at radius 1 is 1.22 bits per heavy atom. The Morgan fingerprint density at radius 2 is 2.00 bits per heavy atom. The number of nitrogens with two attached hydrogens (primary N) is 1. The first-order valence-electron chi connectivity index (χ1n) is 8.62. The molecule has 136 valence electrons. The highest BCUT2D eigenvalue weighted by atomic mass is 16.1. The van der Waals surface area contributed by atoms with Crippen LogP contribution in [0, 0.1) is 5.41 Å². The van der Waals surface area contributed by atoms with Crippen LogP contribution in [0.1, 0.15) is 31.1 Å². The molecule has 1 aromatic carbocycles. The van der Waals surface area contributed by atoms with Crippen LogP contribution in [0.15, 0.2) is 35.6 Å². The third-order valence-electron chi connectivity index (χ3n) is 4.54. The second kappa shape index (κ2) is 5.84. The lowest BCUT2D eigenvalue weighted by Gasteiger charge is -2.15. The molecule has 1 amide bonds. The van der Waals surface area contributed by atoms with Crippen molar-refractivity contribution in [1.29, 1.82) is 0 Å². The predicted molar refractivity (Wildman–Crippen MR) is 101 cm³/mol. The number of H-pyrrole nitrogens is 1. The second-order valence-electron chi connectivity index (χ2n) is 7.65. The number of benzene rings is 1. The Morgan fingerprint density at radius 3 is 2.70 bits per heavy atom. The van der Waals surface area contributed by atoms with Crippen LogP contribution in [-0.4, -0.2) is 32.7 Å². The molecule has 0 aliphatic carbocycles. The number of nitrogens with zero attached hydrogens (tertiary/aromatic N) is 3. The van der Waals surface area contributed by atoms with Crippen molar-refractivity contribution in [3.05, 3.63) is 46.7 Å². The number of carbonyl (C=O) groups excluding carboxylic acids is 2. The number of amides is 1. The Labute approximate surface area is 155 Å². The molecular formula is C20H19N5O2. The van der Waals surface area contributed by atoms with Gasteiger partial charge in [-0.1, -0.05) is 32.9 Å². The zero-order valence-corrected chi connectivity index (χ0v) is 15.3. The van der Waals surface area contributed by atoms with Crippen LogP contribution < -0.4 is 16.3 Å². The van der Waals surface area contributed by atoms with Gasteiger partial charge in [-0.25, -0.2) is 9.97 Å². The molecule has 27 heavy (non-hydrogen) atoms. The van der Waals surface area contributed by atoms with Gasteiger partial charge in [0, 0.05) is 17.2 Å². The van der Waals surface area contributed by atoms with Gasteiger partial charge in [0.25, 0.3) is 0 Å². The van der Waals surface area contributed by atoms with Crippen molar-refractivity contribution in [2.45, 2.75) is 26.8 Å². The van der Waals surface area contributed by atoms with E-state index in [-0.39, 0.29) is 5.78 Å². The van der Waals surface area contributed by atoms with Crippen molar-refractivity contribution < 1.29 is 9.59 Å². The number of Topliss-reactive ketones (excluding diaryl/α,β-unsaturated/α-hetero) is 1. The molecule has 7 heteroatoms. The van der Waals surface area contributed by atoms with Crippen LogP contribution in [0.3, 0.4) is 0 Å². The van der Waals surface area contributed by atoms with Crippen molar-refractivity contribution in [3.63, 3.8) is 0 Å². The van der Waals surface area contributed by atoms with Crippen LogP contribution in [0.4, 0.5) is 0 Å². The van der Waals surface area contributed by atoms with Crippen LogP contribution in [0.5, 0.6) is 0 Å². The fraction of sp³-hybridized carbons (Fsp3) is 0.250. The lowest BCUT2D eigenvalue weighted by Crippen LogP contribution is -2.23. The summed E-state index contributed by atoms with van der Waals surface area (Å²) in [5.74, 6) is -0.477. The maximum absolute atomic E-state index is 12.7. The molecule has 1 aliphatic rings. The van der Waals surface area contributed by atoms with Gasteiger partial charge in [-0.15, -0.1) is 0 Å². The summed E-state index contributed by atoms with van der Waals surface area (Å²) in [7, 11) is 0. The highest BCUT2D eigenvalue weighted by Gasteiger charge is 2.26. The van der Waals surface area contributed by atoms with Crippen LogP contribution in [0.2, 0.25) is 0 Å². The molecule has 4 rings (SSSR count). The van der Waals surface area contributed by atoms with Gasteiger partial charge in [0.05, 0.1) is 22.8 Å². The van der Waals surface area contributed by atoms with E-state index in [1.54, 1.807) is 18.5 Å². The predicted octanol–water partition coefficient (Wildman–Crippen LogP) is 1.12. The van der Waals surface area contributed by atoms with Crippen molar-refractivity contribution in [3.8, 4) is 11.3 Å². The van der Waals surface area contributed by atoms with E-state index >= 15 is 0 Å². The number of nitrogens with one attached hydrogen (secondary N) is 1. The fourth-order valence-electron chi connectivity index (χ4n) is 3.07. The van der Waals surface area contributed by atoms with E-state index in [9.17, 15) is 9.59 Å². The normalized spacial score (nSPS) is 15.9. The van der Waals surface area contributed by atoms with E-state index in [1.165, 1.54) is 0 Å². The quantitative estimate of drug-likeness (QED) is 0.680. The molecule has 3 heterocycles. The minimum Gasteiger partial charge on any atom is -0.368 e. The SMILES string of the molecule is CC(C)(C)C(=O)c1c[nH]c2ncc(-c3ccc4c(c3)=NC(C(N)=O)C=4)nc12. The van der Waals surface area contributed by atoms with Crippen LogP contribution in [0.25, 0.3) is 28.5 Å². The van der Waals surface area contributed by atoms with E-state index in [4.69, 9.17) is 5.73 Å². The molecular weight excluding hydrogens is 342 g/mol. The number of primary amides is 1. The zero-order valence-electron chi connectivity index (χ0n) is 15.3. The molecule has 0 spiro atoms. The number of aromatic nitrogens is 3. The van der Waals surface area contributed by atoms with E-state index in [0.717, 1.165) is 10.8 Å². The van der Waals surface area contributed by atoms with E-state index in [1.807, 2.05) is 39.0 Å². The summed E-state index contributed by atoms with van der Waals surface area (Å²) in [6.07, 6.45) is 5.05. The average Bonchev–Trinajstić information content (AvgIpc) is 3.23. The smallest absolute Gasteiger partial charge is 0.246 e. The van der Waals surface area contributed by atoms with Crippen LogP contribution >= 0.6 is 0 Å². The maximum atomic E-state index is 12.7. The number of hydrogen-bond donors (Lipinski definition) is 2. The minimum atomic E-state index is -0.635. The summed E-state index contributed by atoms with van der Waals surface area (Å²) in [6.45, 7) is 5.62. The molecule has 0 bridgehead atoms. The summed E-state index contributed by atoms with van der Waals surface area (Å²) < 4.78 is 0. The molecule has 3 aromatic rings. The van der Waals surface area contributed by atoms with Crippen LogP contribution in [-0.2, 0) is 4.79 Å². The number of carbonyl (C=O) groups is 2. The monoisotopic (exact) mass is 361 g/mol. The molecule has 2 aromatic heterocycles. The van der Waals surface area contributed by atoms with Crippen molar-refractivity contribution in [1.82, 2.24) is 15.0 Å². The topological polar surface area (TPSA) is 114 Å². The molecule has 1 atom stereocenters. The third kappa shape index (κ3) is 2.91. The number of rotatable bonds is 3. The Bertz CT molecular complexity index is 1220. The van der Waals surface area contributed by atoms with Gasteiger partial charge in [-0.3, -0.25) is 14.6 Å². The lowest BCUT2D eigenvalue weighted by atomic mass is 9.87. The van der Waals surface area contributed by atoms with Gasteiger partial charge < -0.3 is 10.7 Å². The van der Waals surface area contributed by atoms with Gasteiger partial charge >= 0.3 is 0 Å². The van der Waals surface area contributed by atoms with Gasteiger partial charge in [-0.05, 0) is 17.4 Å². The van der Waals surface area contributed by atoms with E-state index in [0.29, 0.717) is 27.8 Å². The van der Waals surface area contributed by atoms with E-state index < -0.39 is 17.4 Å². The Hall–Kier alpha value is -3.35. The summed E-state index contributed by atoms with van der Waals surface area (Å²) in [4.78, 5) is 40.5. The number of ketones is 1. The molecule has 1 unspecified atom stereocenters. The second-order valence-corrected chi connectivity index (χ2v) is 7.65. The molecule has 0 saturated carbocycles. The summed E-state index contributed by atoms with van der Waals surface area (Å²) in [5, 5.41) is 1.56. The maximum Gasteiger partial charge on any atom is 0.246 e. The Kier molecular flexibility index (Phi) is 3.69. The largest absolute Gasteiger partial charge is 0.368 e. The third-order valence-corrected chi connectivity index (χ3v) is 4.54. The summed E-state index contributed by atoms with van der Waals surface area (Å²) in [5.41, 5.74) is 7.90. The lowest BCUT2D eigenvalue weighted by molar-refractivity contribution is -0.117. The first-order valence-corrected chi connectivity index (χ1v) is 8.62. The molecule has 3 N–H and O–H groups in total. The number of aromatic amines is 1. The number of fused-ring (bicyclic) bond motifs is 2. The molecule has 0 saturated heterocycles. The molecule has 7 nitrogen and oxygen atoms in total. The fourth-order valence-corrected chi connectivity index (χ4v) is 3.07. The first-order chi connectivity index (χ1) is 12.7. The van der Waals surface area contributed by atoms with Crippen molar-refractivity contribution in [2.75, 3.05) is 0 Å². The van der Waals surface area contributed by atoms with Gasteiger partial charge in [0.1, 0.15) is 11.6 Å². The highest BCUT2D eigenvalue weighted by molar-refractivity contribution is 6.08. The van der Waals surface area contributed by atoms with E-state index in [2.05, 4.69) is 19.9 Å². The van der Waals surface area contributed by atoms with Gasteiger partial charge in [0.15, 0.2) is 11.4 Å². The van der Waals surface area contributed by atoms with Crippen molar-refractivity contribution in [2.24, 2.45) is 16.1 Å². The molecule has 0 fully saturated rings. The summed E-state index contributed by atoms with van der Waals surface area (Å²) in [6, 6.07) is 4.98. The van der Waals surface area contributed by atoms with Gasteiger partial charge in [-0.2, -0.15) is 0 Å².